The lowest BCUT2D eigenvalue weighted by atomic mass is 9.43. The highest BCUT2D eigenvalue weighted by atomic mass is 19.1. The van der Waals surface area contributed by atoms with Crippen LogP contribution in [0.1, 0.15) is 63.5 Å². The fourth-order valence-corrected chi connectivity index (χ4v) is 7.65. The highest BCUT2D eigenvalue weighted by Crippen LogP contribution is 2.66. The zero-order valence-corrected chi connectivity index (χ0v) is 19.0. The van der Waals surface area contributed by atoms with Crippen molar-refractivity contribution in [2.75, 3.05) is 7.11 Å². The molecule has 0 amide bonds. The smallest absolute Gasteiger partial charge is 0.161 e. The van der Waals surface area contributed by atoms with Crippen molar-refractivity contribution in [3.05, 3.63) is 59.4 Å². The molecule has 3 nitrogen and oxygen atoms in total. The van der Waals surface area contributed by atoms with Crippen LogP contribution in [0.4, 0.5) is 4.39 Å². The summed E-state index contributed by atoms with van der Waals surface area (Å²) in [6, 6.07) is 12.8. The summed E-state index contributed by atoms with van der Waals surface area (Å²) in [7, 11) is 1.66. The molecule has 4 aliphatic carbocycles. The fourth-order valence-electron chi connectivity index (χ4n) is 7.65. The van der Waals surface area contributed by atoms with Gasteiger partial charge in [0.2, 0.25) is 0 Å². The average Bonchev–Trinajstić information content (AvgIpc) is 2.69. The molecule has 2 aromatic rings. The predicted molar refractivity (Wildman–Crippen MR) is 121 cm³/mol. The minimum Gasteiger partial charge on any atom is -0.493 e. The Kier molecular flexibility index (Phi) is 5.04. The summed E-state index contributed by atoms with van der Waals surface area (Å²) in [5.41, 5.74) is 3.02. The summed E-state index contributed by atoms with van der Waals surface area (Å²) in [4.78, 5) is 0. The highest BCUT2D eigenvalue weighted by Gasteiger charge is 2.59. The van der Waals surface area contributed by atoms with Gasteiger partial charge in [-0.1, -0.05) is 38.1 Å². The first-order valence-electron chi connectivity index (χ1n) is 11.6. The molecule has 2 unspecified atom stereocenters. The van der Waals surface area contributed by atoms with Crippen LogP contribution in [0.2, 0.25) is 0 Å². The Hall–Kier alpha value is -2.07. The number of benzene rings is 2. The molecule has 4 heteroatoms. The van der Waals surface area contributed by atoms with Gasteiger partial charge in [0.15, 0.2) is 11.5 Å². The van der Waals surface area contributed by atoms with Crippen molar-refractivity contribution in [3.8, 4) is 11.5 Å². The van der Waals surface area contributed by atoms with Gasteiger partial charge in [-0.25, -0.2) is 4.39 Å². The van der Waals surface area contributed by atoms with Crippen molar-refractivity contribution in [2.45, 2.75) is 71.1 Å². The molecule has 6 rings (SSSR count). The highest BCUT2D eigenvalue weighted by molar-refractivity contribution is 5.43. The Morgan fingerprint density at radius 2 is 1.71 bits per heavy atom. The van der Waals surface area contributed by atoms with E-state index in [0.717, 1.165) is 12.5 Å². The lowest BCUT2D eigenvalue weighted by Crippen LogP contribution is -2.63. The first kappa shape index (κ1) is 20.8. The van der Waals surface area contributed by atoms with E-state index >= 15 is 0 Å². The topological polar surface area (TPSA) is 30.5 Å². The molecule has 31 heavy (non-hydrogen) atoms. The largest absolute Gasteiger partial charge is 0.493 e. The molecule has 166 valence electrons. The molecule has 4 saturated carbocycles. The van der Waals surface area contributed by atoms with Crippen LogP contribution in [0.5, 0.6) is 11.5 Å². The standard InChI is InChI=1S/C27H34FNO2/c1-25-11-20-12-26(2,16-25)18-27(13-20,17-25)29-14-19-8-9-23(24(10-19)30-3)31-15-21-6-4-5-7-22(21)28/h4-10,20,29H,11-18H2,1-3H3/t20?,25-,26+,27?. The molecule has 4 bridgehead atoms. The molecule has 0 aromatic heterocycles. The summed E-state index contributed by atoms with van der Waals surface area (Å²) < 4.78 is 25.3. The number of hydrogen-bond donors (Lipinski definition) is 1. The van der Waals surface area contributed by atoms with Gasteiger partial charge < -0.3 is 14.8 Å². The normalized spacial score (nSPS) is 33.5. The summed E-state index contributed by atoms with van der Waals surface area (Å²) in [5.74, 6) is 1.96. The van der Waals surface area contributed by atoms with E-state index in [1.165, 1.54) is 50.2 Å². The molecular formula is C27H34FNO2. The van der Waals surface area contributed by atoms with E-state index in [2.05, 4.69) is 25.2 Å². The van der Waals surface area contributed by atoms with Gasteiger partial charge in [0.25, 0.3) is 0 Å². The van der Waals surface area contributed by atoms with Crippen LogP contribution in [0.25, 0.3) is 0 Å². The number of hydrogen-bond acceptors (Lipinski definition) is 3. The first-order valence-corrected chi connectivity index (χ1v) is 11.6. The molecule has 0 spiro atoms. The molecule has 1 N–H and O–H groups in total. The molecule has 2 aromatic carbocycles. The third kappa shape index (κ3) is 4.07. The number of nitrogens with one attached hydrogen (secondary N) is 1. The Bertz CT molecular complexity index is 955. The Morgan fingerprint density at radius 3 is 2.39 bits per heavy atom. The zero-order valence-electron chi connectivity index (χ0n) is 19.0. The number of rotatable bonds is 7. The molecule has 0 aliphatic heterocycles. The lowest BCUT2D eigenvalue weighted by molar-refractivity contribution is -0.118. The molecule has 4 aliphatic rings. The second kappa shape index (κ2) is 7.51. The second-order valence-corrected chi connectivity index (χ2v) is 11.1. The maximum absolute atomic E-state index is 13.9. The first-order chi connectivity index (χ1) is 14.8. The number of methoxy groups -OCH3 is 1. The Morgan fingerprint density at radius 1 is 0.968 bits per heavy atom. The molecule has 0 heterocycles. The summed E-state index contributed by atoms with van der Waals surface area (Å²) in [5, 5.41) is 3.98. The van der Waals surface area contributed by atoms with E-state index in [4.69, 9.17) is 9.47 Å². The van der Waals surface area contributed by atoms with Crippen molar-refractivity contribution in [1.29, 1.82) is 0 Å². The van der Waals surface area contributed by atoms with Crippen LogP contribution in [0, 0.1) is 22.6 Å². The molecule has 0 radical (unpaired) electrons. The van der Waals surface area contributed by atoms with Crippen LogP contribution in [0.3, 0.4) is 0 Å². The van der Waals surface area contributed by atoms with Gasteiger partial charge in [0.1, 0.15) is 12.4 Å². The SMILES string of the molecule is COc1cc(CNC23CC4C[C@@](C)(C2)C[C@](C)(C4)C3)ccc1OCc1ccccc1F. The average molecular weight is 424 g/mol. The van der Waals surface area contributed by atoms with E-state index in [1.54, 1.807) is 19.2 Å². The van der Waals surface area contributed by atoms with E-state index in [0.29, 0.717) is 27.9 Å². The second-order valence-electron chi connectivity index (χ2n) is 11.1. The van der Waals surface area contributed by atoms with Gasteiger partial charge in [-0.15, -0.1) is 0 Å². The van der Waals surface area contributed by atoms with Crippen LogP contribution < -0.4 is 14.8 Å². The van der Waals surface area contributed by atoms with Crippen LogP contribution in [-0.4, -0.2) is 12.6 Å². The van der Waals surface area contributed by atoms with Gasteiger partial charge in [0, 0.05) is 17.6 Å². The predicted octanol–water partition coefficient (Wildman–Crippen LogP) is 6.25. The number of halogens is 1. The van der Waals surface area contributed by atoms with E-state index in [-0.39, 0.29) is 18.0 Å². The third-order valence-corrected chi connectivity index (χ3v) is 7.86. The van der Waals surface area contributed by atoms with Gasteiger partial charge in [-0.05, 0) is 79.0 Å². The third-order valence-electron chi connectivity index (χ3n) is 7.86. The zero-order chi connectivity index (χ0) is 21.7. The minimum atomic E-state index is -0.250. The van der Waals surface area contributed by atoms with E-state index < -0.39 is 0 Å². The molecule has 4 atom stereocenters. The quantitative estimate of drug-likeness (QED) is 0.571. The maximum Gasteiger partial charge on any atom is 0.161 e. The van der Waals surface area contributed by atoms with Crippen molar-refractivity contribution in [3.63, 3.8) is 0 Å². The monoisotopic (exact) mass is 423 g/mol. The fraction of sp³-hybridized carbons (Fsp3) is 0.556. The van der Waals surface area contributed by atoms with Crippen molar-refractivity contribution in [2.24, 2.45) is 16.7 Å². The summed E-state index contributed by atoms with van der Waals surface area (Å²) >= 11 is 0. The van der Waals surface area contributed by atoms with E-state index in [9.17, 15) is 4.39 Å². The van der Waals surface area contributed by atoms with Gasteiger partial charge in [0.05, 0.1) is 7.11 Å². The van der Waals surface area contributed by atoms with Gasteiger partial charge in [-0.2, -0.15) is 0 Å². The minimum absolute atomic E-state index is 0.183. The Labute approximate surface area is 185 Å². The van der Waals surface area contributed by atoms with Gasteiger partial charge >= 0.3 is 0 Å². The van der Waals surface area contributed by atoms with Crippen molar-refractivity contribution < 1.29 is 13.9 Å². The van der Waals surface area contributed by atoms with Crippen molar-refractivity contribution in [1.82, 2.24) is 5.32 Å². The lowest BCUT2D eigenvalue weighted by Gasteiger charge is -2.65. The van der Waals surface area contributed by atoms with Crippen molar-refractivity contribution >= 4 is 0 Å². The summed E-state index contributed by atoms with van der Waals surface area (Å²) in [6.07, 6.45) is 8.13. The van der Waals surface area contributed by atoms with Gasteiger partial charge in [-0.3, -0.25) is 0 Å². The Balaban J connectivity index is 1.27. The number of ether oxygens (including phenoxy) is 2. The van der Waals surface area contributed by atoms with E-state index in [1.807, 2.05) is 18.2 Å². The molecule has 4 fully saturated rings. The maximum atomic E-state index is 13.9. The van der Waals surface area contributed by atoms with Crippen LogP contribution >= 0.6 is 0 Å². The molecular weight excluding hydrogens is 389 g/mol. The van der Waals surface area contributed by atoms with Crippen LogP contribution in [-0.2, 0) is 13.2 Å². The van der Waals surface area contributed by atoms with Crippen LogP contribution in [0.15, 0.2) is 42.5 Å². The summed E-state index contributed by atoms with van der Waals surface area (Å²) in [6.45, 7) is 6.04. The molecule has 0 saturated heterocycles.